The standard InChI is InChI=1S/C16H30N2O/c1-13-11-17-16(8-4-3-5-9-16)12-18(13)14(2)15-7-6-10-19-15/h13-15,17H,3-12H2,1-2H3. The number of hydrogen-bond acceptors (Lipinski definition) is 3. The van der Waals surface area contributed by atoms with E-state index in [2.05, 4.69) is 24.1 Å². The van der Waals surface area contributed by atoms with Crippen molar-refractivity contribution in [1.82, 2.24) is 10.2 Å². The first-order chi connectivity index (χ1) is 9.20. The van der Waals surface area contributed by atoms with Crippen LogP contribution >= 0.6 is 0 Å². The van der Waals surface area contributed by atoms with Gasteiger partial charge in [0.25, 0.3) is 0 Å². The highest BCUT2D eigenvalue weighted by atomic mass is 16.5. The van der Waals surface area contributed by atoms with E-state index in [1.807, 2.05) is 0 Å². The van der Waals surface area contributed by atoms with Crippen molar-refractivity contribution in [2.45, 2.75) is 82.5 Å². The molecule has 3 heteroatoms. The summed E-state index contributed by atoms with van der Waals surface area (Å²) in [5.74, 6) is 0. The van der Waals surface area contributed by atoms with Gasteiger partial charge in [0.2, 0.25) is 0 Å². The molecule has 1 N–H and O–H groups in total. The molecule has 3 unspecified atom stereocenters. The largest absolute Gasteiger partial charge is 0.377 e. The molecular weight excluding hydrogens is 236 g/mol. The van der Waals surface area contributed by atoms with Gasteiger partial charge in [0.1, 0.15) is 0 Å². The van der Waals surface area contributed by atoms with Crippen LogP contribution in [0.1, 0.15) is 58.8 Å². The summed E-state index contributed by atoms with van der Waals surface area (Å²) in [5.41, 5.74) is 0.414. The van der Waals surface area contributed by atoms with E-state index in [0.29, 0.717) is 23.7 Å². The molecule has 2 heterocycles. The zero-order valence-corrected chi connectivity index (χ0v) is 12.7. The average Bonchev–Trinajstić information content (AvgIpc) is 2.96. The maximum Gasteiger partial charge on any atom is 0.0728 e. The van der Waals surface area contributed by atoms with Gasteiger partial charge in [-0.3, -0.25) is 4.90 Å². The second-order valence-corrected chi connectivity index (χ2v) is 7.04. The molecule has 2 aliphatic heterocycles. The van der Waals surface area contributed by atoms with E-state index in [9.17, 15) is 0 Å². The normalized spacial score (nSPS) is 37.6. The number of nitrogens with one attached hydrogen (secondary N) is 1. The first kappa shape index (κ1) is 13.8. The Hall–Kier alpha value is -0.120. The summed E-state index contributed by atoms with van der Waals surface area (Å²) in [6.45, 7) is 8.11. The molecule has 0 bridgehead atoms. The lowest BCUT2D eigenvalue weighted by Crippen LogP contribution is -2.66. The van der Waals surface area contributed by atoms with Gasteiger partial charge in [-0.15, -0.1) is 0 Å². The SMILES string of the molecule is CC1CNC2(CCCCC2)CN1C(C)C1CCCO1. The Morgan fingerprint density at radius 2 is 2.00 bits per heavy atom. The highest BCUT2D eigenvalue weighted by Gasteiger charge is 2.41. The summed E-state index contributed by atoms with van der Waals surface area (Å²) in [6.07, 6.45) is 9.96. The molecule has 3 rings (SSSR count). The fourth-order valence-electron chi connectivity index (χ4n) is 4.35. The molecule has 2 saturated heterocycles. The molecule has 19 heavy (non-hydrogen) atoms. The molecule has 3 atom stereocenters. The average molecular weight is 266 g/mol. The van der Waals surface area contributed by atoms with Crippen LogP contribution in [0.25, 0.3) is 0 Å². The van der Waals surface area contributed by atoms with Crippen molar-refractivity contribution in [1.29, 1.82) is 0 Å². The summed E-state index contributed by atoms with van der Waals surface area (Å²) in [5, 5.41) is 3.88. The molecule has 0 radical (unpaired) electrons. The number of piperazine rings is 1. The minimum absolute atomic E-state index is 0.414. The summed E-state index contributed by atoms with van der Waals surface area (Å²) in [7, 11) is 0. The van der Waals surface area contributed by atoms with Gasteiger partial charge in [-0.1, -0.05) is 19.3 Å². The topological polar surface area (TPSA) is 24.5 Å². The maximum atomic E-state index is 5.93. The lowest BCUT2D eigenvalue weighted by molar-refractivity contribution is -0.0240. The zero-order chi connectivity index (χ0) is 13.3. The Kier molecular flexibility index (Phi) is 4.16. The van der Waals surface area contributed by atoms with E-state index in [4.69, 9.17) is 4.74 Å². The Balaban J connectivity index is 1.67. The molecule has 3 fully saturated rings. The van der Waals surface area contributed by atoms with E-state index in [-0.39, 0.29) is 0 Å². The van der Waals surface area contributed by atoms with Crippen LogP contribution in [0.15, 0.2) is 0 Å². The Labute approximate surface area is 118 Å². The first-order valence-corrected chi connectivity index (χ1v) is 8.33. The molecule has 1 saturated carbocycles. The van der Waals surface area contributed by atoms with E-state index in [0.717, 1.165) is 13.2 Å². The second-order valence-electron chi connectivity index (χ2n) is 7.04. The van der Waals surface area contributed by atoms with E-state index in [1.54, 1.807) is 0 Å². The molecular formula is C16H30N2O. The summed E-state index contributed by atoms with van der Waals surface area (Å²) >= 11 is 0. The first-order valence-electron chi connectivity index (χ1n) is 8.33. The lowest BCUT2D eigenvalue weighted by atomic mass is 9.79. The van der Waals surface area contributed by atoms with E-state index < -0.39 is 0 Å². The second kappa shape index (κ2) is 5.71. The van der Waals surface area contributed by atoms with Gasteiger partial charge in [0.15, 0.2) is 0 Å². The van der Waals surface area contributed by atoms with Crippen molar-refractivity contribution in [3.8, 4) is 0 Å². The van der Waals surface area contributed by atoms with Gasteiger partial charge in [-0.25, -0.2) is 0 Å². The van der Waals surface area contributed by atoms with Crippen molar-refractivity contribution in [3.63, 3.8) is 0 Å². The van der Waals surface area contributed by atoms with Gasteiger partial charge in [0, 0.05) is 37.3 Å². The van der Waals surface area contributed by atoms with Crippen molar-refractivity contribution in [2.75, 3.05) is 19.7 Å². The number of ether oxygens (including phenoxy) is 1. The monoisotopic (exact) mass is 266 g/mol. The smallest absolute Gasteiger partial charge is 0.0728 e. The molecule has 1 spiro atoms. The zero-order valence-electron chi connectivity index (χ0n) is 12.7. The van der Waals surface area contributed by atoms with Gasteiger partial charge in [0.05, 0.1) is 6.10 Å². The summed E-state index contributed by atoms with van der Waals surface area (Å²) < 4.78 is 5.93. The predicted molar refractivity (Wildman–Crippen MR) is 78.4 cm³/mol. The van der Waals surface area contributed by atoms with Crippen LogP contribution in [0.4, 0.5) is 0 Å². The lowest BCUT2D eigenvalue weighted by Gasteiger charge is -2.51. The number of nitrogens with zero attached hydrogens (tertiary/aromatic N) is 1. The van der Waals surface area contributed by atoms with Crippen LogP contribution in [-0.4, -0.2) is 48.3 Å². The predicted octanol–water partition coefficient (Wildman–Crippen LogP) is 2.55. The molecule has 110 valence electrons. The fraction of sp³-hybridized carbons (Fsp3) is 1.00. The van der Waals surface area contributed by atoms with Crippen LogP contribution in [0.3, 0.4) is 0 Å². The third kappa shape index (κ3) is 2.84. The quantitative estimate of drug-likeness (QED) is 0.831. The Bertz CT molecular complexity index is 295. The van der Waals surface area contributed by atoms with Crippen molar-refractivity contribution < 1.29 is 4.74 Å². The van der Waals surface area contributed by atoms with Crippen LogP contribution < -0.4 is 5.32 Å². The van der Waals surface area contributed by atoms with Gasteiger partial charge in [-0.05, 0) is 39.5 Å². The van der Waals surface area contributed by atoms with Crippen LogP contribution in [0, 0.1) is 0 Å². The molecule has 3 aliphatic rings. The van der Waals surface area contributed by atoms with Gasteiger partial charge in [-0.2, -0.15) is 0 Å². The van der Waals surface area contributed by atoms with Gasteiger partial charge >= 0.3 is 0 Å². The summed E-state index contributed by atoms with van der Waals surface area (Å²) in [6, 6.07) is 1.23. The van der Waals surface area contributed by atoms with Crippen LogP contribution in [0.5, 0.6) is 0 Å². The third-order valence-electron chi connectivity index (χ3n) is 5.66. The molecule has 0 aromatic carbocycles. The van der Waals surface area contributed by atoms with Crippen molar-refractivity contribution in [3.05, 3.63) is 0 Å². The highest BCUT2D eigenvalue weighted by Crippen LogP contribution is 2.33. The van der Waals surface area contributed by atoms with E-state index >= 15 is 0 Å². The fourth-order valence-corrected chi connectivity index (χ4v) is 4.35. The Morgan fingerprint density at radius 3 is 2.68 bits per heavy atom. The minimum Gasteiger partial charge on any atom is -0.377 e. The molecule has 1 aliphatic carbocycles. The summed E-state index contributed by atoms with van der Waals surface area (Å²) in [4.78, 5) is 2.73. The van der Waals surface area contributed by atoms with Gasteiger partial charge < -0.3 is 10.1 Å². The number of rotatable bonds is 2. The molecule has 3 nitrogen and oxygen atoms in total. The van der Waals surface area contributed by atoms with Crippen molar-refractivity contribution in [2.24, 2.45) is 0 Å². The van der Waals surface area contributed by atoms with E-state index in [1.165, 1.54) is 51.5 Å². The number of hydrogen-bond donors (Lipinski definition) is 1. The molecule has 0 amide bonds. The van der Waals surface area contributed by atoms with Crippen LogP contribution in [-0.2, 0) is 4.74 Å². The highest BCUT2D eigenvalue weighted by molar-refractivity contribution is 5.01. The molecule has 0 aromatic heterocycles. The minimum atomic E-state index is 0.414. The maximum absolute atomic E-state index is 5.93. The Morgan fingerprint density at radius 1 is 1.21 bits per heavy atom. The van der Waals surface area contributed by atoms with Crippen molar-refractivity contribution >= 4 is 0 Å². The third-order valence-corrected chi connectivity index (χ3v) is 5.66. The molecule has 0 aromatic rings. The van der Waals surface area contributed by atoms with Crippen LogP contribution in [0.2, 0.25) is 0 Å².